The summed E-state index contributed by atoms with van der Waals surface area (Å²) in [5.41, 5.74) is 0.588. The molecule has 0 unspecified atom stereocenters. The Morgan fingerprint density at radius 3 is 2.39 bits per heavy atom. The van der Waals surface area contributed by atoms with Crippen LogP contribution in [0.15, 0.2) is 41.3 Å². The highest BCUT2D eigenvalue weighted by Gasteiger charge is 2.30. The third-order valence-corrected chi connectivity index (χ3v) is 6.36. The Labute approximate surface area is 164 Å². The van der Waals surface area contributed by atoms with Gasteiger partial charge in [0, 0.05) is 0 Å². The number of hydrogen-bond donors (Lipinski definition) is 1. The first-order valence-corrected chi connectivity index (χ1v) is 10.3. The van der Waals surface area contributed by atoms with E-state index in [2.05, 4.69) is 9.46 Å². The fraction of sp³-hybridized carbons (Fsp3) is 0.350. The number of hydrogen-bond acceptors (Lipinski definition) is 6. The Morgan fingerprint density at radius 1 is 1.07 bits per heavy atom. The van der Waals surface area contributed by atoms with E-state index >= 15 is 0 Å². The molecule has 28 heavy (non-hydrogen) atoms. The van der Waals surface area contributed by atoms with Crippen molar-refractivity contribution in [2.45, 2.75) is 31.2 Å². The molecule has 0 atom stereocenters. The zero-order chi connectivity index (χ0) is 20.5. The van der Waals surface area contributed by atoms with E-state index < -0.39 is 21.5 Å². The Bertz CT molecular complexity index is 1010. The second-order valence-electron chi connectivity index (χ2n) is 7.06. The van der Waals surface area contributed by atoms with Crippen LogP contribution in [0.4, 0.5) is 0 Å². The topological polar surface area (TPSA) is 90.9 Å². The fourth-order valence-electron chi connectivity index (χ4n) is 3.08. The second kappa shape index (κ2) is 7.44. The molecule has 2 aromatic rings. The summed E-state index contributed by atoms with van der Waals surface area (Å²) in [4.78, 5) is 11.8. The number of esters is 1. The van der Waals surface area contributed by atoms with Crippen LogP contribution >= 0.6 is 0 Å². The van der Waals surface area contributed by atoms with Gasteiger partial charge in [0.25, 0.3) is 0 Å². The van der Waals surface area contributed by atoms with Crippen molar-refractivity contribution >= 4 is 16.0 Å². The monoisotopic (exact) mass is 405 g/mol. The molecule has 1 aliphatic heterocycles. The molecule has 0 bridgehead atoms. The highest BCUT2D eigenvalue weighted by atomic mass is 32.2. The molecule has 0 spiro atoms. The first-order chi connectivity index (χ1) is 13.1. The molecule has 0 saturated heterocycles. The molecule has 0 aromatic heterocycles. The minimum atomic E-state index is -3.84. The van der Waals surface area contributed by atoms with Crippen molar-refractivity contribution in [1.29, 1.82) is 0 Å². The molecule has 0 aliphatic carbocycles. The third-order valence-electron chi connectivity index (χ3n) is 4.54. The number of sulfonamides is 1. The molecule has 8 heteroatoms. The van der Waals surface area contributed by atoms with Gasteiger partial charge in [-0.2, -0.15) is 0 Å². The summed E-state index contributed by atoms with van der Waals surface area (Å²) >= 11 is 0. The summed E-state index contributed by atoms with van der Waals surface area (Å²) < 4.78 is 44.5. The van der Waals surface area contributed by atoms with Crippen molar-refractivity contribution in [2.75, 3.05) is 20.3 Å². The van der Waals surface area contributed by atoms with E-state index in [1.807, 2.05) is 6.07 Å². The van der Waals surface area contributed by atoms with Gasteiger partial charge in [0.1, 0.15) is 13.2 Å². The summed E-state index contributed by atoms with van der Waals surface area (Å²) in [7, 11) is -2.56. The SMILES string of the molecule is COC(=O)c1ccc(S(=O)(=O)NC(C)(C)c2ccc3c(c2)OCCO3)c(C)c1. The summed E-state index contributed by atoms with van der Waals surface area (Å²) in [6.45, 7) is 6.12. The number of rotatable bonds is 5. The van der Waals surface area contributed by atoms with Crippen molar-refractivity contribution in [3.05, 3.63) is 53.1 Å². The predicted octanol–water partition coefficient (Wildman–Crippen LogP) is 2.77. The molecular formula is C20H23NO6S. The van der Waals surface area contributed by atoms with Crippen LogP contribution in [0.1, 0.15) is 35.3 Å². The van der Waals surface area contributed by atoms with Gasteiger partial charge < -0.3 is 14.2 Å². The standard InChI is InChI=1S/C20H23NO6S/c1-13-11-14(19(22)25-4)5-8-18(13)28(23,24)21-20(2,3)15-6-7-16-17(12-15)27-10-9-26-16/h5-8,11-12,21H,9-10H2,1-4H3. The molecule has 0 fully saturated rings. The average Bonchev–Trinajstić information content (AvgIpc) is 2.65. The van der Waals surface area contributed by atoms with Crippen molar-refractivity contribution in [1.82, 2.24) is 4.72 Å². The van der Waals surface area contributed by atoms with Crippen molar-refractivity contribution < 1.29 is 27.4 Å². The molecule has 1 heterocycles. The lowest BCUT2D eigenvalue weighted by Gasteiger charge is -2.28. The van der Waals surface area contributed by atoms with Crippen LogP contribution in [0, 0.1) is 6.92 Å². The van der Waals surface area contributed by atoms with Gasteiger partial charge in [-0.05, 0) is 62.2 Å². The van der Waals surface area contributed by atoms with Gasteiger partial charge >= 0.3 is 5.97 Å². The number of aryl methyl sites for hydroxylation is 1. The minimum Gasteiger partial charge on any atom is -0.486 e. The van der Waals surface area contributed by atoms with Crippen LogP contribution in [-0.4, -0.2) is 34.7 Å². The van der Waals surface area contributed by atoms with Crippen molar-refractivity contribution in [3.8, 4) is 11.5 Å². The first-order valence-electron chi connectivity index (χ1n) is 8.77. The maximum atomic E-state index is 13.0. The molecule has 3 rings (SSSR count). The quantitative estimate of drug-likeness (QED) is 0.769. The molecule has 2 aromatic carbocycles. The molecule has 0 amide bonds. The van der Waals surface area contributed by atoms with E-state index in [9.17, 15) is 13.2 Å². The second-order valence-corrected chi connectivity index (χ2v) is 8.71. The predicted molar refractivity (Wildman–Crippen MR) is 103 cm³/mol. The van der Waals surface area contributed by atoms with Gasteiger partial charge in [-0.25, -0.2) is 17.9 Å². The van der Waals surface area contributed by atoms with Crippen LogP contribution < -0.4 is 14.2 Å². The smallest absolute Gasteiger partial charge is 0.337 e. The fourth-order valence-corrected chi connectivity index (χ4v) is 4.71. The maximum absolute atomic E-state index is 13.0. The molecule has 1 N–H and O–H groups in total. The Balaban J connectivity index is 1.90. The lowest BCUT2D eigenvalue weighted by Crippen LogP contribution is -2.41. The van der Waals surface area contributed by atoms with Crippen LogP contribution in [-0.2, 0) is 20.3 Å². The number of ether oxygens (including phenoxy) is 3. The summed E-state index contributed by atoms with van der Waals surface area (Å²) in [6, 6.07) is 9.70. The first kappa shape index (κ1) is 20.2. The number of fused-ring (bicyclic) bond motifs is 1. The van der Waals surface area contributed by atoms with Crippen molar-refractivity contribution in [2.24, 2.45) is 0 Å². The maximum Gasteiger partial charge on any atom is 0.337 e. The minimum absolute atomic E-state index is 0.103. The highest BCUT2D eigenvalue weighted by Crippen LogP contribution is 2.35. The third kappa shape index (κ3) is 3.98. The van der Waals surface area contributed by atoms with Gasteiger partial charge in [0.15, 0.2) is 11.5 Å². The van der Waals surface area contributed by atoms with Crippen LogP contribution in [0.3, 0.4) is 0 Å². The molecule has 150 valence electrons. The normalized spacial score (nSPS) is 13.9. The summed E-state index contributed by atoms with van der Waals surface area (Å²) in [5.74, 6) is 0.717. The summed E-state index contributed by atoms with van der Waals surface area (Å²) in [6.07, 6.45) is 0. The highest BCUT2D eigenvalue weighted by molar-refractivity contribution is 7.89. The average molecular weight is 405 g/mol. The van der Waals surface area contributed by atoms with Crippen LogP contribution in [0.2, 0.25) is 0 Å². The Hall–Kier alpha value is -2.58. The van der Waals surface area contributed by atoms with E-state index in [1.54, 1.807) is 32.9 Å². The summed E-state index contributed by atoms with van der Waals surface area (Å²) in [5, 5.41) is 0. The molecule has 0 saturated carbocycles. The van der Waals surface area contributed by atoms with Crippen LogP contribution in [0.5, 0.6) is 11.5 Å². The van der Waals surface area contributed by atoms with Crippen molar-refractivity contribution in [3.63, 3.8) is 0 Å². The van der Waals surface area contributed by atoms with E-state index in [-0.39, 0.29) is 4.90 Å². The zero-order valence-corrected chi connectivity index (χ0v) is 17.1. The Morgan fingerprint density at radius 2 is 1.75 bits per heavy atom. The Kier molecular flexibility index (Phi) is 5.36. The van der Waals surface area contributed by atoms with E-state index in [1.165, 1.54) is 25.3 Å². The molecule has 1 aliphatic rings. The van der Waals surface area contributed by atoms with Crippen LogP contribution in [0.25, 0.3) is 0 Å². The van der Waals surface area contributed by atoms with E-state index in [0.29, 0.717) is 35.8 Å². The van der Waals surface area contributed by atoms with Gasteiger partial charge in [0.05, 0.1) is 23.1 Å². The number of benzene rings is 2. The van der Waals surface area contributed by atoms with E-state index in [4.69, 9.17) is 9.47 Å². The number of carbonyl (C=O) groups is 1. The van der Waals surface area contributed by atoms with Gasteiger partial charge in [-0.3, -0.25) is 0 Å². The molecule has 7 nitrogen and oxygen atoms in total. The largest absolute Gasteiger partial charge is 0.486 e. The van der Waals surface area contributed by atoms with Gasteiger partial charge in [-0.15, -0.1) is 0 Å². The zero-order valence-electron chi connectivity index (χ0n) is 16.2. The lowest BCUT2D eigenvalue weighted by atomic mass is 9.95. The lowest BCUT2D eigenvalue weighted by molar-refractivity contribution is 0.0600. The van der Waals surface area contributed by atoms with Gasteiger partial charge in [0.2, 0.25) is 10.0 Å². The van der Waals surface area contributed by atoms with E-state index in [0.717, 1.165) is 5.56 Å². The number of carbonyl (C=O) groups excluding carboxylic acids is 1. The molecule has 0 radical (unpaired) electrons. The van der Waals surface area contributed by atoms with Gasteiger partial charge in [-0.1, -0.05) is 6.07 Å². The molecular weight excluding hydrogens is 382 g/mol. The number of nitrogens with one attached hydrogen (secondary N) is 1. The number of methoxy groups -OCH3 is 1.